The number of rotatable bonds is 4. The number of nitrogens with zero attached hydrogens (tertiary/aromatic N) is 2. The quantitative estimate of drug-likeness (QED) is 0.794. The van der Waals surface area contributed by atoms with E-state index in [-0.39, 0.29) is 29.6 Å². The van der Waals surface area contributed by atoms with Gasteiger partial charge in [-0.2, -0.15) is 0 Å². The summed E-state index contributed by atoms with van der Waals surface area (Å²) in [6.45, 7) is 6.66. The highest BCUT2D eigenvalue weighted by molar-refractivity contribution is 7.91. The second kappa shape index (κ2) is 5.82. The fourth-order valence-corrected chi connectivity index (χ4v) is 5.58. The zero-order valence-corrected chi connectivity index (χ0v) is 14.8. The number of unbranched alkanes of at least 4 members (excludes halogenated alkanes) is 1. The van der Waals surface area contributed by atoms with Gasteiger partial charge in [-0.15, -0.1) is 0 Å². The molecular weight excluding hydrogens is 312 g/mol. The molecule has 2 saturated heterocycles. The number of hydrogen-bond donors (Lipinski definition) is 0. The molecule has 2 atom stereocenters. The van der Waals surface area contributed by atoms with Crippen LogP contribution < -0.4 is 4.90 Å². The summed E-state index contributed by atoms with van der Waals surface area (Å²) in [5.41, 5.74) is 2.92. The zero-order chi connectivity index (χ0) is 16.8. The van der Waals surface area contributed by atoms with Gasteiger partial charge in [-0.3, -0.25) is 4.90 Å². The summed E-state index contributed by atoms with van der Waals surface area (Å²) in [4.78, 5) is 16.5. The SMILES string of the molecule is CCCCN1C(=O)N(c2cc(C)ccc2C)[C@@H]2CS(=O)(=O)C[C@@H]21. The van der Waals surface area contributed by atoms with Crippen molar-refractivity contribution in [2.45, 2.75) is 45.7 Å². The van der Waals surface area contributed by atoms with Crippen molar-refractivity contribution in [2.24, 2.45) is 0 Å². The number of sulfone groups is 1. The molecule has 2 aliphatic rings. The number of urea groups is 1. The molecule has 2 aliphatic heterocycles. The molecule has 1 aromatic carbocycles. The molecule has 3 rings (SSSR count). The van der Waals surface area contributed by atoms with Crippen LogP contribution >= 0.6 is 0 Å². The first-order valence-corrected chi connectivity index (χ1v) is 10.0. The summed E-state index contributed by atoms with van der Waals surface area (Å²) in [5.74, 6) is 0.161. The van der Waals surface area contributed by atoms with Crippen LogP contribution in [0.25, 0.3) is 0 Å². The number of hydrogen-bond acceptors (Lipinski definition) is 3. The molecule has 0 aliphatic carbocycles. The highest BCUT2D eigenvalue weighted by Crippen LogP contribution is 2.36. The molecule has 0 aromatic heterocycles. The molecule has 0 bridgehead atoms. The lowest BCUT2D eigenvalue weighted by atomic mass is 10.1. The van der Waals surface area contributed by atoms with E-state index in [1.54, 1.807) is 9.80 Å². The third-order valence-electron chi connectivity index (χ3n) is 4.85. The lowest BCUT2D eigenvalue weighted by molar-refractivity contribution is 0.208. The van der Waals surface area contributed by atoms with Crippen molar-refractivity contribution in [1.29, 1.82) is 0 Å². The second-order valence-corrected chi connectivity index (χ2v) is 8.85. The zero-order valence-electron chi connectivity index (χ0n) is 13.9. The first-order valence-electron chi connectivity index (χ1n) is 8.21. The van der Waals surface area contributed by atoms with Gasteiger partial charge < -0.3 is 4.90 Å². The van der Waals surface area contributed by atoms with Crippen LogP contribution in [0.15, 0.2) is 18.2 Å². The minimum absolute atomic E-state index is 0.0444. The number of aryl methyl sites for hydroxylation is 2. The smallest absolute Gasteiger partial charge is 0.318 e. The Morgan fingerprint density at radius 2 is 1.87 bits per heavy atom. The Balaban J connectivity index is 2.02. The van der Waals surface area contributed by atoms with E-state index in [0.29, 0.717) is 6.54 Å². The summed E-state index contributed by atoms with van der Waals surface area (Å²) < 4.78 is 24.3. The number of carbonyl (C=O) groups excluding carboxylic acids is 1. The van der Waals surface area contributed by atoms with E-state index >= 15 is 0 Å². The average molecular weight is 336 g/mol. The van der Waals surface area contributed by atoms with Crippen molar-refractivity contribution < 1.29 is 13.2 Å². The van der Waals surface area contributed by atoms with Gasteiger partial charge in [0.25, 0.3) is 0 Å². The monoisotopic (exact) mass is 336 g/mol. The summed E-state index contributed by atoms with van der Waals surface area (Å²) in [7, 11) is -3.09. The Kier molecular flexibility index (Phi) is 4.12. The third-order valence-corrected chi connectivity index (χ3v) is 6.55. The van der Waals surface area contributed by atoms with Crippen LogP contribution in [0.1, 0.15) is 30.9 Å². The molecule has 0 radical (unpaired) electrons. The minimum Gasteiger partial charge on any atom is -0.318 e. The van der Waals surface area contributed by atoms with Crippen LogP contribution in [0, 0.1) is 13.8 Å². The Labute approximate surface area is 138 Å². The van der Waals surface area contributed by atoms with Gasteiger partial charge in [0.2, 0.25) is 0 Å². The number of benzene rings is 1. The highest BCUT2D eigenvalue weighted by Gasteiger charge is 2.53. The summed E-state index contributed by atoms with van der Waals surface area (Å²) >= 11 is 0. The maximum Gasteiger partial charge on any atom is 0.325 e. The highest BCUT2D eigenvalue weighted by atomic mass is 32.2. The molecule has 2 amide bonds. The second-order valence-electron chi connectivity index (χ2n) is 6.70. The standard InChI is InChI=1S/C17H24N2O3S/c1-4-5-8-18-15-10-23(21,22)11-16(15)19(17(18)20)14-9-12(2)6-7-13(14)3/h6-7,9,15-16H,4-5,8,10-11H2,1-3H3/t15-,16+/m0/s1. The third kappa shape index (κ3) is 2.84. The van der Waals surface area contributed by atoms with E-state index in [1.165, 1.54) is 0 Å². The molecule has 0 unspecified atom stereocenters. The van der Waals surface area contributed by atoms with Crippen LogP contribution in [0.3, 0.4) is 0 Å². The van der Waals surface area contributed by atoms with Crippen molar-refractivity contribution in [2.75, 3.05) is 23.0 Å². The van der Waals surface area contributed by atoms with Gasteiger partial charge >= 0.3 is 6.03 Å². The molecule has 2 heterocycles. The maximum absolute atomic E-state index is 13.0. The van der Waals surface area contributed by atoms with E-state index in [9.17, 15) is 13.2 Å². The largest absolute Gasteiger partial charge is 0.325 e. The van der Waals surface area contributed by atoms with Crippen LogP contribution in [-0.4, -0.2) is 49.5 Å². The Morgan fingerprint density at radius 3 is 2.57 bits per heavy atom. The first kappa shape index (κ1) is 16.3. The molecule has 6 heteroatoms. The molecule has 23 heavy (non-hydrogen) atoms. The van der Waals surface area contributed by atoms with Crippen LogP contribution in [-0.2, 0) is 9.84 Å². The molecule has 1 aromatic rings. The summed E-state index contributed by atoms with van der Waals surface area (Å²) in [6.07, 6.45) is 1.88. The topological polar surface area (TPSA) is 57.7 Å². The molecule has 0 N–H and O–H groups in total. The first-order chi connectivity index (χ1) is 10.8. The number of anilines is 1. The molecule has 5 nitrogen and oxygen atoms in total. The van der Waals surface area contributed by atoms with Gasteiger partial charge in [-0.1, -0.05) is 25.5 Å². The van der Waals surface area contributed by atoms with Crippen LogP contribution in [0.4, 0.5) is 10.5 Å². The molecule has 0 spiro atoms. The van der Waals surface area contributed by atoms with E-state index in [2.05, 4.69) is 6.92 Å². The molecular formula is C17H24N2O3S. The summed E-state index contributed by atoms with van der Waals surface area (Å²) in [5, 5.41) is 0. The molecule has 126 valence electrons. The van der Waals surface area contributed by atoms with Gasteiger partial charge in [-0.05, 0) is 37.5 Å². The van der Waals surface area contributed by atoms with Gasteiger partial charge in [0.15, 0.2) is 9.84 Å². The van der Waals surface area contributed by atoms with E-state index < -0.39 is 9.84 Å². The number of carbonyl (C=O) groups is 1. The Hall–Kier alpha value is -1.56. The Morgan fingerprint density at radius 1 is 1.17 bits per heavy atom. The van der Waals surface area contributed by atoms with Crippen molar-refractivity contribution in [3.8, 4) is 0 Å². The normalized spacial score (nSPS) is 26.0. The van der Waals surface area contributed by atoms with Gasteiger partial charge in [0.1, 0.15) is 0 Å². The number of amides is 2. The minimum atomic E-state index is -3.09. The van der Waals surface area contributed by atoms with Crippen molar-refractivity contribution in [1.82, 2.24) is 4.90 Å². The van der Waals surface area contributed by atoms with E-state index in [4.69, 9.17) is 0 Å². The molecule has 0 saturated carbocycles. The van der Waals surface area contributed by atoms with Gasteiger partial charge in [0, 0.05) is 12.2 Å². The fraction of sp³-hybridized carbons (Fsp3) is 0.588. The molecule has 2 fully saturated rings. The Bertz CT molecular complexity index is 729. The van der Waals surface area contributed by atoms with Crippen LogP contribution in [0.2, 0.25) is 0 Å². The maximum atomic E-state index is 13.0. The number of fused-ring (bicyclic) bond motifs is 1. The van der Waals surface area contributed by atoms with Gasteiger partial charge in [0.05, 0.1) is 23.6 Å². The van der Waals surface area contributed by atoms with Crippen molar-refractivity contribution in [3.63, 3.8) is 0 Å². The van der Waals surface area contributed by atoms with E-state index in [1.807, 2.05) is 32.0 Å². The van der Waals surface area contributed by atoms with Crippen LogP contribution in [0.5, 0.6) is 0 Å². The van der Waals surface area contributed by atoms with Crippen molar-refractivity contribution in [3.05, 3.63) is 29.3 Å². The predicted molar refractivity (Wildman–Crippen MR) is 91.6 cm³/mol. The summed E-state index contributed by atoms with van der Waals surface area (Å²) in [6, 6.07) is 5.47. The average Bonchev–Trinajstić information content (AvgIpc) is 2.90. The van der Waals surface area contributed by atoms with Gasteiger partial charge in [-0.25, -0.2) is 13.2 Å². The van der Waals surface area contributed by atoms with E-state index in [0.717, 1.165) is 29.7 Å². The fourth-order valence-electron chi connectivity index (χ4n) is 3.63. The van der Waals surface area contributed by atoms with Crippen molar-refractivity contribution >= 4 is 21.6 Å². The lowest BCUT2D eigenvalue weighted by Gasteiger charge is -2.24. The predicted octanol–water partition coefficient (Wildman–Crippen LogP) is 2.51. The lowest BCUT2D eigenvalue weighted by Crippen LogP contribution is -2.38.